The van der Waals surface area contributed by atoms with E-state index >= 15 is 0 Å². The summed E-state index contributed by atoms with van der Waals surface area (Å²) in [5.41, 5.74) is 5.53. The van der Waals surface area contributed by atoms with Gasteiger partial charge in [0.25, 0.3) is 0 Å². The second-order valence-electron chi connectivity index (χ2n) is 2.69. The number of thioether (sulfide) groups is 1. The van der Waals surface area contributed by atoms with Crippen LogP contribution in [0.5, 0.6) is 0 Å². The lowest BCUT2D eigenvalue weighted by molar-refractivity contribution is 0.194. The Kier molecular flexibility index (Phi) is 4.61. The molecular formula is C8H14N4OS. The Bertz CT molecular complexity index is 295. The van der Waals surface area contributed by atoms with Gasteiger partial charge in [-0.1, -0.05) is 11.8 Å². The fourth-order valence-corrected chi connectivity index (χ4v) is 1.37. The molecule has 1 rings (SSSR count). The first-order valence-electron chi connectivity index (χ1n) is 4.29. The molecule has 0 fully saturated rings. The summed E-state index contributed by atoms with van der Waals surface area (Å²) in [7, 11) is 1.68. The first-order chi connectivity index (χ1) is 6.76. The summed E-state index contributed by atoms with van der Waals surface area (Å²) in [5.74, 6) is 1.02. The predicted molar refractivity (Wildman–Crippen MR) is 56.2 cm³/mol. The number of anilines is 1. The Morgan fingerprint density at radius 1 is 1.36 bits per heavy atom. The Hall–Kier alpha value is -0.880. The average Bonchev–Trinajstić information content (AvgIpc) is 2.17. The Morgan fingerprint density at radius 2 is 2.14 bits per heavy atom. The van der Waals surface area contributed by atoms with E-state index in [0.717, 1.165) is 18.7 Å². The number of aromatic nitrogens is 3. The minimum absolute atomic E-state index is 0.289. The zero-order valence-corrected chi connectivity index (χ0v) is 9.17. The van der Waals surface area contributed by atoms with E-state index in [2.05, 4.69) is 15.0 Å². The molecule has 0 aliphatic rings. The highest BCUT2D eigenvalue weighted by Gasteiger charge is 2.02. The van der Waals surface area contributed by atoms with E-state index < -0.39 is 0 Å². The smallest absolute Gasteiger partial charge is 0.224 e. The first-order valence-corrected chi connectivity index (χ1v) is 5.52. The number of rotatable bonds is 5. The van der Waals surface area contributed by atoms with Gasteiger partial charge < -0.3 is 10.5 Å². The van der Waals surface area contributed by atoms with Crippen LogP contribution in [0.4, 0.5) is 5.95 Å². The van der Waals surface area contributed by atoms with E-state index in [4.69, 9.17) is 10.5 Å². The third-order valence-corrected chi connectivity index (χ3v) is 2.16. The van der Waals surface area contributed by atoms with Gasteiger partial charge in [0.05, 0.1) is 0 Å². The highest BCUT2D eigenvalue weighted by molar-refractivity contribution is 7.98. The molecule has 1 aromatic heterocycles. The summed E-state index contributed by atoms with van der Waals surface area (Å²) in [4.78, 5) is 12.2. The number of aryl methyl sites for hydroxylation is 1. The highest BCUT2D eigenvalue weighted by atomic mass is 32.2. The highest BCUT2D eigenvalue weighted by Crippen LogP contribution is 2.09. The summed E-state index contributed by atoms with van der Waals surface area (Å²) < 4.78 is 4.94. The van der Waals surface area contributed by atoms with Gasteiger partial charge in [0.15, 0.2) is 5.16 Å². The Morgan fingerprint density at radius 3 is 2.79 bits per heavy atom. The van der Waals surface area contributed by atoms with E-state index in [-0.39, 0.29) is 5.95 Å². The number of nitrogens with zero attached hydrogens (tertiary/aromatic N) is 3. The summed E-state index contributed by atoms with van der Waals surface area (Å²) in [6.07, 6.45) is 3.58. The maximum atomic E-state index is 5.53. The molecule has 0 unspecified atom stereocenters. The third-order valence-electron chi connectivity index (χ3n) is 1.61. The van der Waals surface area contributed by atoms with Crippen LogP contribution in [0, 0.1) is 0 Å². The molecule has 0 saturated heterocycles. The fourth-order valence-electron chi connectivity index (χ4n) is 0.993. The Balaban J connectivity index is 2.62. The van der Waals surface area contributed by atoms with Gasteiger partial charge in [0, 0.05) is 20.1 Å². The van der Waals surface area contributed by atoms with Crippen LogP contribution < -0.4 is 5.73 Å². The van der Waals surface area contributed by atoms with Crippen LogP contribution in [0.3, 0.4) is 0 Å². The van der Waals surface area contributed by atoms with Gasteiger partial charge in [0.2, 0.25) is 5.95 Å². The van der Waals surface area contributed by atoms with Crippen LogP contribution >= 0.6 is 11.8 Å². The van der Waals surface area contributed by atoms with Crippen molar-refractivity contribution in [1.82, 2.24) is 15.0 Å². The van der Waals surface area contributed by atoms with Gasteiger partial charge in [0.1, 0.15) is 5.82 Å². The number of nitrogen functional groups attached to an aromatic ring is 1. The molecular weight excluding hydrogens is 200 g/mol. The normalized spacial score (nSPS) is 10.4. The number of hydrogen-bond acceptors (Lipinski definition) is 6. The lowest BCUT2D eigenvalue weighted by Gasteiger charge is -2.02. The zero-order chi connectivity index (χ0) is 10.4. The second-order valence-corrected chi connectivity index (χ2v) is 3.47. The Labute approximate surface area is 87.5 Å². The van der Waals surface area contributed by atoms with Crippen molar-refractivity contribution in [3.8, 4) is 0 Å². The third kappa shape index (κ3) is 3.47. The second kappa shape index (κ2) is 5.77. The molecule has 0 aliphatic carbocycles. The predicted octanol–water partition coefficient (Wildman–Crippen LogP) is 0.755. The first kappa shape index (κ1) is 11.2. The van der Waals surface area contributed by atoms with Crippen molar-refractivity contribution in [1.29, 1.82) is 0 Å². The molecule has 2 N–H and O–H groups in total. The molecule has 0 amide bonds. The number of nitrogens with two attached hydrogens (primary N) is 1. The monoisotopic (exact) mass is 214 g/mol. The molecule has 0 aliphatic heterocycles. The van der Waals surface area contributed by atoms with Gasteiger partial charge in [-0.3, -0.25) is 0 Å². The van der Waals surface area contributed by atoms with Gasteiger partial charge in [-0.05, 0) is 12.7 Å². The molecule has 0 saturated carbocycles. The van der Waals surface area contributed by atoms with Crippen molar-refractivity contribution in [2.45, 2.75) is 18.0 Å². The largest absolute Gasteiger partial charge is 0.385 e. The van der Waals surface area contributed by atoms with Gasteiger partial charge in [-0.15, -0.1) is 0 Å². The van der Waals surface area contributed by atoms with E-state index in [1.165, 1.54) is 11.8 Å². The molecule has 0 radical (unpaired) electrons. The molecule has 5 nitrogen and oxygen atoms in total. The quantitative estimate of drug-likeness (QED) is 0.576. The zero-order valence-electron chi connectivity index (χ0n) is 8.36. The van der Waals surface area contributed by atoms with Crippen molar-refractivity contribution in [3.63, 3.8) is 0 Å². The van der Waals surface area contributed by atoms with E-state index in [1.807, 2.05) is 6.26 Å². The minimum Gasteiger partial charge on any atom is -0.385 e. The van der Waals surface area contributed by atoms with Gasteiger partial charge in [-0.2, -0.15) is 9.97 Å². The maximum Gasteiger partial charge on any atom is 0.224 e. The van der Waals surface area contributed by atoms with Gasteiger partial charge >= 0.3 is 0 Å². The van der Waals surface area contributed by atoms with E-state index in [0.29, 0.717) is 11.8 Å². The molecule has 1 aromatic rings. The minimum atomic E-state index is 0.289. The van der Waals surface area contributed by atoms with Crippen LogP contribution in [0.1, 0.15) is 12.2 Å². The van der Waals surface area contributed by atoms with Crippen molar-refractivity contribution < 1.29 is 4.74 Å². The number of hydrogen-bond donors (Lipinski definition) is 1. The number of ether oxygens (including phenoxy) is 1. The van der Waals surface area contributed by atoms with E-state index in [1.54, 1.807) is 7.11 Å². The summed E-state index contributed by atoms with van der Waals surface area (Å²) in [6, 6.07) is 0. The average molecular weight is 214 g/mol. The standard InChI is InChI=1S/C8H14N4OS/c1-13-5-3-4-6-10-7(9)12-8(11-6)14-2/h3-5H2,1-2H3,(H2,9,10,11,12). The molecule has 0 atom stereocenters. The summed E-state index contributed by atoms with van der Waals surface area (Å²) >= 11 is 1.46. The van der Waals surface area contributed by atoms with Crippen molar-refractivity contribution >= 4 is 17.7 Å². The summed E-state index contributed by atoms with van der Waals surface area (Å²) in [5, 5.41) is 0.671. The van der Waals surface area contributed by atoms with Crippen molar-refractivity contribution in [2.75, 3.05) is 25.7 Å². The van der Waals surface area contributed by atoms with Crippen LogP contribution in [0.25, 0.3) is 0 Å². The van der Waals surface area contributed by atoms with Crippen LogP contribution in [0.15, 0.2) is 5.16 Å². The molecule has 6 heteroatoms. The fraction of sp³-hybridized carbons (Fsp3) is 0.625. The van der Waals surface area contributed by atoms with Gasteiger partial charge in [-0.25, -0.2) is 4.98 Å². The van der Waals surface area contributed by atoms with Crippen LogP contribution in [-0.2, 0) is 11.2 Å². The van der Waals surface area contributed by atoms with Crippen molar-refractivity contribution in [3.05, 3.63) is 5.82 Å². The summed E-state index contributed by atoms with van der Waals surface area (Å²) in [6.45, 7) is 0.709. The SMILES string of the molecule is COCCCc1nc(N)nc(SC)n1. The molecule has 0 bridgehead atoms. The molecule has 1 heterocycles. The maximum absolute atomic E-state index is 5.53. The molecule has 14 heavy (non-hydrogen) atoms. The lowest BCUT2D eigenvalue weighted by atomic mass is 10.3. The topological polar surface area (TPSA) is 73.9 Å². The van der Waals surface area contributed by atoms with Crippen LogP contribution in [-0.4, -0.2) is 34.9 Å². The molecule has 78 valence electrons. The number of methoxy groups -OCH3 is 1. The van der Waals surface area contributed by atoms with E-state index in [9.17, 15) is 0 Å². The molecule has 0 aromatic carbocycles. The van der Waals surface area contributed by atoms with Crippen molar-refractivity contribution in [2.24, 2.45) is 0 Å². The molecule has 0 spiro atoms. The lowest BCUT2D eigenvalue weighted by Crippen LogP contribution is -2.05. The van der Waals surface area contributed by atoms with Crippen LogP contribution in [0.2, 0.25) is 0 Å².